The SMILES string of the molecule is CC1COc2ccc(C(N)CC(C)C(C)(C)C)cc2OC1. The van der Waals surface area contributed by atoms with Crippen molar-refractivity contribution in [1.29, 1.82) is 0 Å². The lowest BCUT2D eigenvalue weighted by Crippen LogP contribution is -2.23. The number of hydrogen-bond donors (Lipinski definition) is 1. The van der Waals surface area contributed by atoms with Crippen LogP contribution in [0.5, 0.6) is 11.5 Å². The van der Waals surface area contributed by atoms with Crippen molar-refractivity contribution < 1.29 is 9.47 Å². The molecule has 1 aromatic carbocycles. The van der Waals surface area contributed by atoms with Gasteiger partial charge >= 0.3 is 0 Å². The van der Waals surface area contributed by atoms with Crippen LogP contribution < -0.4 is 15.2 Å². The van der Waals surface area contributed by atoms with Gasteiger partial charge in [-0.05, 0) is 35.4 Å². The number of benzene rings is 1. The Morgan fingerprint density at radius 2 is 1.81 bits per heavy atom. The van der Waals surface area contributed by atoms with Gasteiger partial charge in [-0.2, -0.15) is 0 Å². The second kappa shape index (κ2) is 6.27. The van der Waals surface area contributed by atoms with Crippen molar-refractivity contribution in [2.24, 2.45) is 23.0 Å². The molecule has 0 spiro atoms. The highest BCUT2D eigenvalue weighted by molar-refractivity contribution is 5.44. The van der Waals surface area contributed by atoms with E-state index in [1.54, 1.807) is 0 Å². The van der Waals surface area contributed by atoms with Crippen LogP contribution in [0.15, 0.2) is 18.2 Å². The van der Waals surface area contributed by atoms with Crippen molar-refractivity contribution in [2.75, 3.05) is 13.2 Å². The Morgan fingerprint density at radius 1 is 1.19 bits per heavy atom. The molecule has 1 aliphatic rings. The summed E-state index contributed by atoms with van der Waals surface area (Å²) in [6.07, 6.45) is 0.972. The third-order valence-electron chi connectivity index (χ3n) is 4.53. The summed E-state index contributed by atoms with van der Waals surface area (Å²) in [7, 11) is 0. The van der Waals surface area contributed by atoms with Gasteiger partial charge in [-0.1, -0.05) is 40.7 Å². The standard InChI is InChI=1S/C18H29NO2/c1-12-10-20-16-7-6-14(9-17(16)21-11-12)15(19)8-13(2)18(3,4)5/h6-7,9,12-13,15H,8,10-11,19H2,1-5H3. The fourth-order valence-electron chi connectivity index (χ4n) is 2.37. The smallest absolute Gasteiger partial charge is 0.161 e. The Morgan fingerprint density at radius 3 is 2.43 bits per heavy atom. The lowest BCUT2D eigenvalue weighted by molar-refractivity contribution is 0.228. The zero-order valence-corrected chi connectivity index (χ0v) is 14.0. The van der Waals surface area contributed by atoms with E-state index in [2.05, 4.69) is 40.7 Å². The molecule has 0 aliphatic carbocycles. The molecule has 1 heterocycles. The van der Waals surface area contributed by atoms with E-state index in [9.17, 15) is 0 Å². The number of nitrogens with two attached hydrogens (primary N) is 1. The molecule has 0 saturated heterocycles. The van der Waals surface area contributed by atoms with Crippen molar-refractivity contribution in [3.63, 3.8) is 0 Å². The van der Waals surface area contributed by atoms with E-state index >= 15 is 0 Å². The highest BCUT2D eigenvalue weighted by atomic mass is 16.5. The van der Waals surface area contributed by atoms with Gasteiger partial charge in [-0.15, -0.1) is 0 Å². The molecule has 0 amide bonds. The maximum Gasteiger partial charge on any atom is 0.161 e. The van der Waals surface area contributed by atoms with E-state index in [4.69, 9.17) is 15.2 Å². The van der Waals surface area contributed by atoms with E-state index in [0.29, 0.717) is 25.0 Å². The lowest BCUT2D eigenvalue weighted by Gasteiger charge is -2.29. The summed E-state index contributed by atoms with van der Waals surface area (Å²) < 4.78 is 11.6. The maximum absolute atomic E-state index is 6.40. The summed E-state index contributed by atoms with van der Waals surface area (Å²) in [6, 6.07) is 6.14. The van der Waals surface area contributed by atoms with Gasteiger partial charge in [0.15, 0.2) is 11.5 Å². The van der Waals surface area contributed by atoms with Crippen molar-refractivity contribution in [3.05, 3.63) is 23.8 Å². The average Bonchev–Trinajstić information content (AvgIpc) is 2.59. The fourth-order valence-corrected chi connectivity index (χ4v) is 2.37. The number of rotatable bonds is 3. The largest absolute Gasteiger partial charge is 0.489 e. The van der Waals surface area contributed by atoms with Crippen LogP contribution >= 0.6 is 0 Å². The zero-order chi connectivity index (χ0) is 15.6. The summed E-state index contributed by atoms with van der Waals surface area (Å²) in [5.41, 5.74) is 7.80. The predicted octanol–water partition coefficient (Wildman–Crippen LogP) is 4.17. The first-order valence-electron chi connectivity index (χ1n) is 7.92. The quantitative estimate of drug-likeness (QED) is 0.909. The number of hydrogen-bond acceptors (Lipinski definition) is 3. The van der Waals surface area contributed by atoms with Crippen LogP contribution in [-0.2, 0) is 0 Å². The molecule has 3 heteroatoms. The molecule has 3 unspecified atom stereocenters. The molecule has 0 radical (unpaired) electrons. The second-order valence-electron chi connectivity index (χ2n) is 7.54. The van der Waals surface area contributed by atoms with Gasteiger partial charge in [0, 0.05) is 12.0 Å². The van der Waals surface area contributed by atoms with Crippen molar-refractivity contribution in [1.82, 2.24) is 0 Å². The molecule has 2 rings (SSSR count). The van der Waals surface area contributed by atoms with Crippen LogP contribution in [0.2, 0.25) is 0 Å². The van der Waals surface area contributed by atoms with E-state index < -0.39 is 0 Å². The molecular formula is C18H29NO2. The summed E-state index contributed by atoms with van der Waals surface area (Å²) in [4.78, 5) is 0. The fraction of sp³-hybridized carbons (Fsp3) is 0.667. The lowest BCUT2D eigenvalue weighted by atomic mass is 9.78. The van der Waals surface area contributed by atoms with Gasteiger partial charge in [0.1, 0.15) is 0 Å². The Balaban J connectivity index is 2.11. The maximum atomic E-state index is 6.40. The van der Waals surface area contributed by atoms with Gasteiger partial charge in [-0.25, -0.2) is 0 Å². The molecule has 0 aromatic heterocycles. The summed E-state index contributed by atoms with van der Waals surface area (Å²) in [6.45, 7) is 12.6. The predicted molar refractivity (Wildman–Crippen MR) is 86.8 cm³/mol. The van der Waals surface area contributed by atoms with Crippen LogP contribution in [0.1, 0.15) is 52.6 Å². The minimum Gasteiger partial charge on any atom is -0.489 e. The van der Waals surface area contributed by atoms with Gasteiger partial charge in [0.05, 0.1) is 13.2 Å². The van der Waals surface area contributed by atoms with Crippen LogP contribution in [0, 0.1) is 17.3 Å². The molecule has 0 saturated carbocycles. The first-order valence-corrected chi connectivity index (χ1v) is 7.92. The monoisotopic (exact) mass is 291 g/mol. The zero-order valence-electron chi connectivity index (χ0n) is 14.0. The molecule has 3 nitrogen and oxygen atoms in total. The van der Waals surface area contributed by atoms with Gasteiger partial charge in [-0.3, -0.25) is 0 Å². The van der Waals surface area contributed by atoms with Gasteiger partial charge < -0.3 is 15.2 Å². The normalized spacial score (nSPS) is 21.5. The minimum absolute atomic E-state index is 0.0359. The van der Waals surface area contributed by atoms with Gasteiger partial charge in [0.2, 0.25) is 0 Å². The van der Waals surface area contributed by atoms with Crippen LogP contribution in [0.3, 0.4) is 0 Å². The highest BCUT2D eigenvalue weighted by Gasteiger charge is 2.24. The second-order valence-corrected chi connectivity index (χ2v) is 7.54. The van der Waals surface area contributed by atoms with Crippen LogP contribution in [-0.4, -0.2) is 13.2 Å². The Hall–Kier alpha value is -1.22. The number of ether oxygens (including phenoxy) is 2. The van der Waals surface area contributed by atoms with E-state index in [0.717, 1.165) is 23.5 Å². The van der Waals surface area contributed by atoms with E-state index in [1.165, 1.54) is 0 Å². The van der Waals surface area contributed by atoms with Crippen LogP contribution in [0.4, 0.5) is 0 Å². The number of fused-ring (bicyclic) bond motifs is 1. The van der Waals surface area contributed by atoms with E-state index in [1.807, 2.05) is 12.1 Å². The van der Waals surface area contributed by atoms with Crippen molar-refractivity contribution in [2.45, 2.75) is 47.1 Å². The van der Waals surface area contributed by atoms with Crippen molar-refractivity contribution >= 4 is 0 Å². The molecule has 0 bridgehead atoms. The summed E-state index contributed by atoms with van der Waals surface area (Å²) in [5.74, 6) is 2.63. The summed E-state index contributed by atoms with van der Waals surface area (Å²) >= 11 is 0. The minimum atomic E-state index is 0.0359. The first kappa shape index (κ1) is 16.2. The molecule has 0 fully saturated rings. The molecule has 21 heavy (non-hydrogen) atoms. The molecule has 118 valence electrons. The average molecular weight is 291 g/mol. The first-order chi connectivity index (χ1) is 9.77. The highest BCUT2D eigenvalue weighted by Crippen LogP contribution is 2.36. The third-order valence-corrected chi connectivity index (χ3v) is 4.53. The molecule has 3 atom stereocenters. The molecular weight excluding hydrogens is 262 g/mol. The summed E-state index contributed by atoms with van der Waals surface area (Å²) in [5, 5.41) is 0. The van der Waals surface area contributed by atoms with E-state index in [-0.39, 0.29) is 11.5 Å². The van der Waals surface area contributed by atoms with Crippen LogP contribution in [0.25, 0.3) is 0 Å². The van der Waals surface area contributed by atoms with Crippen molar-refractivity contribution in [3.8, 4) is 11.5 Å². The van der Waals surface area contributed by atoms with Gasteiger partial charge in [0.25, 0.3) is 0 Å². The molecule has 1 aliphatic heterocycles. The molecule has 2 N–H and O–H groups in total. The Kier molecular flexibility index (Phi) is 4.82. The molecule has 1 aromatic rings. The topological polar surface area (TPSA) is 44.5 Å². The third kappa shape index (κ3) is 4.13. The Bertz CT molecular complexity index is 479. The Labute approximate surface area is 128 Å².